The molecule has 0 heterocycles. The zero-order chi connectivity index (χ0) is 10.4. The normalized spacial score (nSPS) is 14.7. The Labute approximate surface area is 77.2 Å². The minimum atomic E-state index is -0.591. The van der Waals surface area contributed by atoms with Crippen LogP contribution in [0, 0.1) is 16.0 Å². The van der Waals surface area contributed by atoms with Crippen LogP contribution in [0.5, 0.6) is 0 Å². The summed E-state index contributed by atoms with van der Waals surface area (Å²) in [6, 6.07) is -0.591. The second-order valence-corrected chi connectivity index (χ2v) is 3.14. The summed E-state index contributed by atoms with van der Waals surface area (Å²) in [4.78, 5) is 20.8. The van der Waals surface area contributed by atoms with E-state index in [2.05, 4.69) is 4.74 Å². The third-order valence-corrected chi connectivity index (χ3v) is 1.98. The first kappa shape index (κ1) is 11.9. The monoisotopic (exact) mass is 189 g/mol. The van der Waals surface area contributed by atoms with E-state index in [0.717, 1.165) is 0 Å². The third kappa shape index (κ3) is 4.45. The second kappa shape index (κ2) is 5.50. The molecule has 0 aromatic carbocycles. The highest BCUT2D eigenvalue weighted by atomic mass is 16.6. The predicted molar refractivity (Wildman–Crippen MR) is 46.9 cm³/mol. The molecule has 0 fully saturated rings. The number of nitrogens with zero attached hydrogens (tertiary/aromatic N) is 1. The molecule has 0 N–H and O–H groups in total. The molecule has 0 aliphatic heterocycles. The maximum atomic E-state index is 10.9. The Morgan fingerprint density at radius 2 is 2.00 bits per heavy atom. The summed E-state index contributed by atoms with van der Waals surface area (Å²) in [5.41, 5.74) is 0. The lowest BCUT2D eigenvalue weighted by molar-refractivity contribution is -0.519. The molecule has 76 valence electrons. The molecule has 0 aromatic heterocycles. The SMILES string of the molecule is COC(=O)[C@H](C)CC[C@H](C)[N+](=O)[O-]. The van der Waals surface area contributed by atoms with Gasteiger partial charge in [-0.15, -0.1) is 0 Å². The Morgan fingerprint density at radius 1 is 1.46 bits per heavy atom. The smallest absolute Gasteiger partial charge is 0.308 e. The molecule has 5 heteroatoms. The lowest BCUT2D eigenvalue weighted by atomic mass is 10.0. The van der Waals surface area contributed by atoms with Crippen molar-refractivity contribution in [2.45, 2.75) is 32.7 Å². The lowest BCUT2D eigenvalue weighted by Crippen LogP contribution is -2.19. The third-order valence-electron chi connectivity index (χ3n) is 1.98. The van der Waals surface area contributed by atoms with Gasteiger partial charge in [0.25, 0.3) is 0 Å². The molecule has 0 radical (unpaired) electrons. The number of carbonyl (C=O) groups excluding carboxylic acids is 1. The molecule has 0 aliphatic rings. The Balaban J connectivity index is 3.76. The Hall–Kier alpha value is -1.13. The standard InChI is InChI=1S/C8H15NO4/c1-6(8(10)13-3)4-5-7(2)9(11)12/h6-7H,4-5H2,1-3H3/t6-,7+/m1/s1. The van der Waals surface area contributed by atoms with Crippen LogP contribution in [0.2, 0.25) is 0 Å². The summed E-state index contributed by atoms with van der Waals surface area (Å²) < 4.78 is 4.50. The minimum Gasteiger partial charge on any atom is -0.469 e. The first-order valence-electron chi connectivity index (χ1n) is 4.20. The highest BCUT2D eigenvalue weighted by molar-refractivity contribution is 5.71. The van der Waals surface area contributed by atoms with Crippen molar-refractivity contribution in [1.29, 1.82) is 0 Å². The number of rotatable bonds is 5. The lowest BCUT2D eigenvalue weighted by Gasteiger charge is -2.08. The number of methoxy groups -OCH3 is 1. The second-order valence-electron chi connectivity index (χ2n) is 3.14. The average molecular weight is 189 g/mol. The molecule has 13 heavy (non-hydrogen) atoms. The topological polar surface area (TPSA) is 69.4 Å². The van der Waals surface area contributed by atoms with Gasteiger partial charge < -0.3 is 4.74 Å². The Bertz CT molecular complexity index is 193. The molecular weight excluding hydrogens is 174 g/mol. The van der Waals surface area contributed by atoms with E-state index in [0.29, 0.717) is 12.8 Å². The number of nitro groups is 1. The minimum absolute atomic E-state index is 0.257. The van der Waals surface area contributed by atoms with Crippen molar-refractivity contribution in [1.82, 2.24) is 0 Å². The highest BCUT2D eigenvalue weighted by Crippen LogP contribution is 2.10. The first-order chi connectivity index (χ1) is 5.99. The van der Waals surface area contributed by atoms with Gasteiger partial charge in [0, 0.05) is 18.3 Å². The fourth-order valence-corrected chi connectivity index (χ4v) is 0.916. The molecule has 0 aliphatic carbocycles. The molecule has 0 rings (SSSR count). The number of ether oxygens (including phenoxy) is 1. The van der Waals surface area contributed by atoms with Crippen LogP contribution in [0.3, 0.4) is 0 Å². The van der Waals surface area contributed by atoms with Gasteiger partial charge in [-0.25, -0.2) is 0 Å². The maximum absolute atomic E-state index is 10.9. The van der Waals surface area contributed by atoms with Gasteiger partial charge in [-0.05, 0) is 6.42 Å². The summed E-state index contributed by atoms with van der Waals surface area (Å²) in [5.74, 6) is -0.567. The molecule has 0 unspecified atom stereocenters. The summed E-state index contributed by atoms with van der Waals surface area (Å²) in [7, 11) is 1.32. The Morgan fingerprint density at radius 3 is 2.38 bits per heavy atom. The van der Waals surface area contributed by atoms with Crippen LogP contribution < -0.4 is 0 Å². The summed E-state index contributed by atoms with van der Waals surface area (Å²) in [6.07, 6.45) is 0.901. The zero-order valence-corrected chi connectivity index (χ0v) is 8.15. The molecule has 0 aromatic rings. The van der Waals surface area contributed by atoms with Gasteiger partial charge in [-0.1, -0.05) is 6.92 Å². The molecule has 0 saturated carbocycles. The van der Waals surface area contributed by atoms with Crippen LogP contribution in [0.4, 0.5) is 0 Å². The van der Waals surface area contributed by atoms with E-state index in [1.54, 1.807) is 6.92 Å². The van der Waals surface area contributed by atoms with Gasteiger partial charge in [0.2, 0.25) is 6.04 Å². The number of carbonyl (C=O) groups is 1. The predicted octanol–water partition coefficient (Wildman–Crippen LogP) is 1.24. The Kier molecular flexibility index (Phi) is 5.03. The fourth-order valence-electron chi connectivity index (χ4n) is 0.916. The van der Waals surface area contributed by atoms with Crippen molar-refractivity contribution in [2.75, 3.05) is 7.11 Å². The van der Waals surface area contributed by atoms with Crippen molar-refractivity contribution in [3.8, 4) is 0 Å². The van der Waals surface area contributed by atoms with Gasteiger partial charge in [0.1, 0.15) is 0 Å². The van der Waals surface area contributed by atoms with E-state index in [-0.39, 0.29) is 16.8 Å². The van der Waals surface area contributed by atoms with E-state index < -0.39 is 6.04 Å². The fraction of sp³-hybridized carbons (Fsp3) is 0.875. The molecule has 0 bridgehead atoms. The molecule has 2 atom stereocenters. The van der Waals surface area contributed by atoms with Crippen LogP contribution >= 0.6 is 0 Å². The van der Waals surface area contributed by atoms with E-state index >= 15 is 0 Å². The quantitative estimate of drug-likeness (QED) is 0.370. The van der Waals surface area contributed by atoms with Crippen molar-refractivity contribution >= 4 is 5.97 Å². The zero-order valence-electron chi connectivity index (χ0n) is 8.15. The largest absolute Gasteiger partial charge is 0.469 e. The highest BCUT2D eigenvalue weighted by Gasteiger charge is 2.18. The molecule has 0 saturated heterocycles. The molecule has 0 amide bonds. The van der Waals surface area contributed by atoms with Crippen LogP contribution in [-0.4, -0.2) is 24.0 Å². The van der Waals surface area contributed by atoms with Gasteiger partial charge in [-0.2, -0.15) is 0 Å². The number of hydrogen-bond acceptors (Lipinski definition) is 4. The summed E-state index contributed by atoms with van der Waals surface area (Å²) in [5, 5.41) is 10.2. The summed E-state index contributed by atoms with van der Waals surface area (Å²) in [6.45, 7) is 3.24. The first-order valence-corrected chi connectivity index (χ1v) is 4.20. The van der Waals surface area contributed by atoms with Crippen LogP contribution in [0.15, 0.2) is 0 Å². The molecular formula is C8H15NO4. The maximum Gasteiger partial charge on any atom is 0.308 e. The van der Waals surface area contributed by atoms with E-state index in [4.69, 9.17) is 0 Å². The van der Waals surface area contributed by atoms with Gasteiger partial charge in [-0.3, -0.25) is 14.9 Å². The number of hydrogen-bond donors (Lipinski definition) is 0. The van der Waals surface area contributed by atoms with E-state index in [1.165, 1.54) is 14.0 Å². The van der Waals surface area contributed by atoms with Crippen LogP contribution in [-0.2, 0) is 9.53 Å². The van der Waals surface area contributed by atoms with Gasteiger partial charge in [0.15, 0.2) is 0 Å². The van der Waals surface area contributed by atoms with Crippen molar-refractivity contribution in [2.24, 2.45) is 5.92 Å². The number of esters is 1. The average Bonchev–Trinajstić information content (AvgIpc) is 2.11. The van der Waals surface area contributed by atoms with E-state index in [9.17, 15) is 14.9 Å². The van der Waals surface area contributed by atoms with Gasteiger partial charge in [0.05, 0.1) is 13.0 Å². The van der Waals surface area contributed by atoms with Crippen molar-refractivity contribution in [3.05, 3.63) is 10.1 Å². The van der Waals surface area contributed by atoms with Gasteiger partial charge >= 0.3 is 5.97 Å². The van der Waals surface area contributed by atoms with Crippen LogP contribution in [0.1, 0.15) is 26.7 Å². The van der Waals surface area contributed by atoms with E-state index in [1.807, 2.05) is 0 Å². The van der Waals surface area contributed by atoms with Crippen molar-refractivity contribution < 1.29 is 14.5 Å². The van der Waals surface area contributed by atoms with Crippen molar-refractivity contribution in [3.63, 3.8) is 0 Å². The van der Waals surface area contributed by atoms with Crippen LogP contribution in [0.25, 0.3) is 0 Å². The summed E-state index contributed by atoms with van der Waals surface area (Å²) >= 11 is 0. The molecule has 0 spiro atoms. The molecule has 5 nitrogen and oxygen atoms in total.